The number of amides is 1. The number of methoxy groups -OCH3 is 1. The van der Waals surface area contributed by atoms with Crippen molar-refractivity contribution in [3.63, 3.8) is 0 Å². The van der Waals surface area contributed by atoms with Crippen LogP contribution >= 0.6 is 46.7 Å². The molecule has 10 nitrogen and oxygen atoms in total. The first-order valence-electron chi connectivity index (χ1n) is 22.8. The Balaban J connectivity index is 0.000000282. The maximum absolute atomic E-state index is 13.4. The zero-order valence-electron chi connectivity index (χ0n) is 39.8. The molecule has 0 fully saturated rings. The van der Waals surface area contributed by atoms with Gasteiger partial charge in [0.05, 0.1) is 19.1 Å². The van der Waals surface area contributed by atoms with E-state index in [1.807, 2.05) is 121 Å². The van der Waals surface area contributed by atoms with Gasteiger partial charge in [0.2, 0.25) is 16.1 Å². The molecule has 7 aromatic carbocycles. The predicted octanol–water partition coefficient (Wildman–Crippen LogP) is 12.8. The average molecular weight is 1050 g/mol. The van der Waals surface area contributed by atoms with Crippen molar-refractivity contribution in [2.75, 3.05) is 26.1 Å². The van der Waals surface area contributed by atoms with E-state index >= 15 is 0 Å². The van der Waals surface area contributed by atoms with Crippen LogP contribution in [-0.2, 0) is 38.6 Å². The van der Waals surface area contributed by atoms with Crippen molar-refractivity contribution in [1.29, 1.82) is 0 Å². The molecule has 2 unspecified atom stereocenters. The van der Waals surface area contributed by atoms with E-state index < -0.39 is 22.4 Å². The van der Waals surface area contributed by atoms with Gasteiger partial charge in [-0.15, -0.1) is 23.2 Å². The molecule has 1 amide bonds. The van der Waals surface area contributed by atoms with Gasteiger partial charge in [-0.2, -0.15) is 0 Å². The van der Waals surface area contributed by atoms with Gasteiger partial charge in [-0.3, -0.25) is 24.0 Å². The van der Waals surface area contributed by atoms with E-state index in [0.29, 0.717) is 60.5 Å². The number of carboxylic acids is 1. The van der Waals surface area contributed by atoms with Crippen LogP contribution in [0.15, 0.2) is 188 Å². The van der Waals surface area contributed by atoms with Gasteiger partial charge in [0, 0.05) is 36.2 Å². The summed E-state index contributed by atoms with van der Waals surface area (Å²) in [5, 5.41) is 10.3. The van der Waals surface area contributed by atoms with Crippen LogP contribution in [0.25, 0.3) is 22.3 Å². The number of esters is 1. The minimum absolute atomic E-state index is 0.0253. The summed E-state index contributed by atoms with van der Waals surface area (Å²) in [6, 6.07) is 58.8. The van der Waals surface area contributed by atoms with E-state index in [0.717, 1.165) is 56.9 Å². The van der Waals surface area contributed by atoms with E-state index in [1.165, 1.54) is 7.11 Å². The molecule has 0 aromatic heterocycles. The van der Waals surface area contributed by atoms with E-state index in [-0.39, 0.29) is 28.1 Å². The monoisotopic (exact) mass is 1040 g/mol. The van der Waals surface area contributed by atoms with Gasteiger partial charge in [-0.1, -0.05) is 193 Å². The first kappa shape index (κ1) is 56.1. The molecule has 0 aliphatic carbocycles. The largest absolute Gasteiger partial charge is 0.496 e. The fourth-order valence-corrected chi connectivity index (χ4v) is 8.85. The van der Waals surface area contributed by atoms with Crippen LogP contribution in [0.4, 0.5) is 0 Å². The molecule has 0 aliphatic rings. The Hall–Kier alpha value is -6.83. The number of rotatable bonds is 20. The molecule has 2 N–H and O–H groups in total. The normalized spacial score (nSPS) is 11.2. The molecule has 7 rings (SSSR count). The van der Waals surface area contributed by atoms with Gasteiger partial charge in [-0.05, 0) is 64.8 Å². The van der Waals surface area contributed by atoms with Crippen LogP contribution < -0.4 is 14.8 Å². The summed E-state index contributed by atoms with van der Waals surface area (Å²) in [6.45, 7) is 0.355. The standard InChI is InChI=1S/C35H35NO6S.C22H18O3S.CH2Cl2/c1-36-33(37)14-9-21-41-30-20-19-29(31(23-30)40-2)24-42-34(38)32(43-35(39)28-12-7-4-8-13-28)22-25-15-17-27(18-16-25)26-10-5-3-6-11-26;23-21(24)20(26-22(25)19-9-5-2-6-10-19)15-16-11-13-18(14-12-16)17-7-3-1-4-8-17;2-1-3/h3-8,10-13,15-20,23,32H,9,14,21-22,24H2,1-2H3,(H,36,37);1-14,20H,15H2,(H,23,24);1H2. The third-order valence-electron chi connectivity index (χ3n) is 10.7. The number of halogens is 2. The number of ether oxygens (including phenoxy) is 3. The summed E-state index contributed by atoms with van der Waals surface area (Å²) >= 11 is 11.4. The number of benzene rings is 7. The Morgan fingerprint density at radius 2 is 1.01 bits per heavy atom. The molecule has 0 radical (unpaired) electrons. The van der Waals surface area contributed by atoms with Crippen LogP contribution in [0.3, 0.4) is 0 Å². The molecule has 372 valence electrons. The van der Waals surface area contributed by atoms with Crippen LogP contribution in [0.5, 0.6) is 11.5 Å². The maximum atomic E-state index is 13.4. The lowest BCUT2D eigenvalue weighted by Crippen LogP contribution is -2.24. The first-order chi connectivity index (χ1) is 35.0. The lowest BCUT2D eigenvalue weighted by Gasteiger charge is -2.17. The van der Waals surface area contributed by atoms with E-state index in [2.05, 4.69) is 5.32 Å². The van der Waals surface area contributed by atoms with Crippen molar-refractivity contribution in [3.8, 4) is 33.8 Å². The summed E-state index contributed by atoms with van der Waals surface area (Å²) in [6.07, 6.45) is 1.59. The minimum atomic E-state index is -0.980. The van der Waals surface area contributed by atoms with Gasteiger partial charge < -0.3 is 24.6 Å². The highest BCUT2D eigenvalue weighted by Gasteiger charge is 2.27. The molecule has 0 bridgehead atoms. The number of hydrogen-bond donors (Lipinski definition) is 2. The molecule has 0 saturated heterocycles. The zero-order chi connectivity index (χ0) is 51.5. The fraction of sp³-hybridized carbons (Fsp3) is 0.190. The summed E-state index contributed by atoms with van der Waals surface area (Å²) in [7, 11) is 3.14. The molecular weight excluding hydrogens is 990 g/mol. The van der Waals surface area contributed by atoms with Gasteiger partial charge in [0.1, 0.15) is 28.6 Å². The molecule has 14 heteroatoms. The fourth-order valence-electron chi connectivity index (χ4n) is 6.97. The Labute approximate surface area is 439 Å². The number of hydrogen-bond acceptors (Lipinski definition) is 10. The molecule has 2 atom stereocenters. The lowest BCUT2D eigenvalue weighted by molar-refractivity contribution is -0.144. The minimum Gasteiger partial charge on any atom is -0.496 e. The van der Waals surface area contributed by atoms with Crippen molar-refractivity contribution in [3.05, 3.63) is 216 Å². The van der Waals surface area contributed by atoms with Crippen molar-refractivity contribution >= 4 is 74.8 Å². The Bertz CT molecular complexity index is 2770. The maximum Gasteiger partial charge on any atom is 0.320 e. The Kier molecular flexibility index (Phi) is 24.0. The van der Waals surface area contributed by atoms with Crippen LogP contribution in [0.2, 0.25) is 0 Å². The highest BCUT2D eigenvalue weighted by atomic mass is 35.5. The van der Waals surface area contributed by atoms with Gasteiger partial charge in [0.15, 0.2) is 0 Å². The second kappa shape index (κ2) is 30.8. The quantitative estimate of drug-likeness (QED) is 0.0427. The highest BCUT2D eigenvalue weighted by molar-refractivity contribution is 8.15. The predicted molar refractivity (Wildman–Crippen MR) is 291 cm³/mol. The molecule has 0 saturated carbocycles. The summed E-state index contributed by atoms with van der Waals surface area (Å²) in [4.78, 5) is 61.7. The number of carbonyl (C=O) groups excluding carboxylic acids is 4. The second-order valence-corrected chi connectivity index (χ2v) is 18.9. The average Bonchev–Trinajstić information content (AvgIpc) is 3.42. The van der Waals surface area contributed by atoms with Crippen molar-refractivity contribution in [1.82, 2.24) is 5.32 Å². The van der Waals surface area contributed by atoms with Gasteiger partial charge >= 0.3 is 11.9 Å². The van der Waals surface area contributed by atoms with Crippen molar-refractivity contribution in [2.24, 2.45) is 0 Å². The SMILES string of the molecule is CNC(=O)CCCOc1ccc(COC(=O)C(Cc2ccc(-c3ccccc3)cc2)SC(=O)c2ccccc2)c(OC)c1.ClCCl.O=C(SC(Cc1ccc(-c2ccccc2)cc1)C(=O)O)c1ccccc1. The number of thioether (sulfide) groups is 2. The number of alkyl halides is 2. The molecular formula is C58H55Cl2NO9S2. The number of carboxylic acid groups (broad SMARTS) is 1. The number of nitrogens with one attached hydrogen (secondary N) is 1. The third kappa shape index (κ3) is 18.7. The van der Waals surface area contributed by atoms with E-state index in [4.69, 9.17) is 37.4 Å². The summed E-state index contributed by atoms with van der Waals surface area (Å²) in [5.41, 5.74) is 7.89. The Morgan fingerprint density at radius 3 is 1.46 bits per heavy atom. The molecule has 0 heterocycles. The lowest BCUT2D eigenvalue weighted by atomic mass is 10.0. The molecule has 0 spiro atoms. The van der Waals surface area contributed by atoms with Crippen LogP contribution in [-0.4, -0.2) is 69.8 Å². The van der Waals surface area contributed by atoms with E-state index in [1.54, 1.807) is 73.8 Å². The third-order valence-corrected chi connectivity index (χ3v) is 12.9. The van der Waals surface area contributed by atoms with Crippen molar-refractivity contribution in [2.45, 2.75) is 42.8 Å². The summed E-state index contributed by atoms with van der Waals surface area (Å²) in [5.74, 6) is -0.406. The molecule has 7 aromatic rings. The van der Waals surface area contributed by atoms with Crippen LogP contribution in [0.1, 0.15) is 50.2 Å². The zero-order valence-corrected chi connectivity index (χ0v) is 42.9. The number of aliphatic carboxylic acids is 1. The number of carbonyl (C=O) groups is 5. The Morgan fingerprint density at radius 1 is 0.583 bits per heavy atom. The first-order valence-corrected chi connectivity index (χ1v) is 25.7. The highest BCUT2D eigenvalue weighted by Crippen LogP contribution is 2.29. The van der Waals surface area contributed by atoms with Crippen molar-refractivity contribution < 1.29 is 43.3 Å². The van der Waals surface area contributed by atoms with E-state index in [9.17, 15) is 29.1 Å². The second-order valence-electron chi connectivity index (χ2n) is 15.7. The van der Waals surface area contributed by atoms with Crippen LogP contribution in [0, 0.1) is 0 Å². The van der Waals surface area contributed by atoms with Gasteiger partial charge in [-0.25, -0.2) is 0 Å². The molecule has 72 heavy (non-hydrogen) atoms. The smallest absolute Gasteiger partial charge is 0.320 e. The molecule has 0 aliphatic heterocycles. The van der Waals surface area contributed by atoms with Gasteiger partial charge in [0.25, 0.3) is 0 Å². The summed E-state index contributed by atoms with van der Waals surface area (Å²) < 4.78 is 17.0. The topological polar surface area (TPSA) is 145 Å².